The highest BCUT2D eigenvalue weighted by molar-refractivity contribution is 5.58. The molecule has 0 fully saturated rings. The molecule has 0 saturated carbocycles. The van der Waals surface area contributed by atoms with E-state index in [1.165, 1.54) is 5.56 Å². The second-order valence-corrected chi connectivity index (χ2v) is 3.36. The van der Waals surface area contributed by atoms with E-state index < -0.39 is 0 Å². The van der Waals surface area contributed by atoms with E-state index in [0.29, 0.717) is 6.42 Å². The summed E-state index contributed by atoms with van der Waals surface area (Å²) in [6.07, 6.45) is 0.552. The quantitative estimate of drug-likeness (QED) is 0.712. The Morgan fingerprint density at radius 1 is 1.57 bits per heavy atom. The number of nitriles is 1. The van der Waals surface area contributed by atoms with E-state index in [9.17, 15) is 0 Å². The number of para-hydroxylation sites is 1. The molecule has 1 aliphatic heterocycles. The zero-order valence-corrected chi connectivity index (χ0v) is 8.10. The van der Waals surface area contributed by atoms with Gasteiger partial charge >= 0.3 is 0 Å². The first-order valence-electron chi connectivity index (χ1n) is 4.64. The highest BCUT2D eigenvalue weighted by Gasteiger charge is 2.27. The number of rotatable bonds is 2. The third-order valence-corrected chi connectivity index (χ3v) is 2.59. The van der Waals surface area contributed by atoms with Crippen LogP contribution < -0.4 is 5.06 Å². The molecule has 0 aliphatic carbocycles. The summed E-state index contributed by atoms with van der Waals surface area (Å²) in [6.45, 7) is 0.781. The van der Waals surface area contributed by atoms with Crippen LogP contribution in [0.15, 0.2) is 24.3 Å². The molecule has 1 aliphatic rings. The lowest BCUT2D eigenvalue weighted by molar-refractivity contribution is 0.170. The molecule has 0 aromatic heterocycles. The van der Waals surface area contributed by atoms with E-state index in [-0.39, 0.29) is 5.92 Å². The van der Waals surface area contributed by atoms with Crippen molar-refractivity contribution >= 4 is 5.69 Å². The van der Waals surface area contributed by atoms with Gasteiger partial charge in [-0.25, -0.2) is 0 Å². The summed E-state index contributed by atoms with van der Waals surface area (Å²) in [4.78, 5) is 5.24. The first kappa shape index (κ1) is 9.04. The van der Waals surface area contributed by atoms with Crippen molar-refractivity contribution in [2.75, 3.05) is 18.7 Å². The predicted octanol–water partition coefficient (Wildman–Crippen LogP) is 2.07. The zero-order valence-electron chi connectivity index (χ0n) is 8.10. The molecule has 1 heterocycles. The van der Waals surface area contributed by atoms with Crippen molar-refractivity contribution in [2.24, 2.45) is 0 Å². The van der Waals surface area contributed by atoms with Crippen LogP contribution in [-0.4, -0.2) is 13.7 Å². The highest BCUT2D eigenvalue weighted by Crippen LogP contribution is 2.37. The van der Waals surface area contributed by atoms with Gasteiger partial charge in [-0.15, -0.1) is 0 Å². The highest BCUT2D eigenvalue weighted by atomic mass is 16.7. The van der Waals surface area contributed by atoms with Crippen LogP contribution in [0, 0.1) is 11.3 Å². The van der Waals surface area contributed by atoms with Gasteiger partial charge in [0.1, 0.15) is 0 Å². The fraction of sp³-hybridized carbons (Fsp3) is 0.364. The average molecular weight is 188 g/mol. The van der Waals surface area contributed by atoms with Crippen LogP contribution in [0.4, 0.5) is 5.69 Å². The maximum atomic E-state index is 8.70. The number of hydrogen-bond acceptors (Lipinski definition) is 3. The van der Waals surface area contributed by atoms with Crippen molar-refractivity contribution in [3.63, 3.8) is 0 Å². The van der Waals surface area contributed by atoms with E-state index >= 15 is 0 Å². The molecule has 0 radical (unpaired) electrons. The lowest BCUT2D eigenvalue weighted by Gasteiger charge is -2.15. The standard InChI is InChI=1S/C11H12N2O/c1-14-13-8-9(6-7-12)10-4-2-3-5-11(10)13/h2-5,9H,6,8H2,1H3. The number of hydrogen-bond donors (Lipinski definition) is 0. The maximum absolute atomic E-state index is 8.70. The van der Waals surface area contributed by atoms with Gasteiger partial charge in [-0.3, -0.25) is 9.90 Å². The fourth-order valence-electron chi connectivity index (χ4n) is 1.91. The molecule has 0 N–H and O–H groups in total. The van der Waals surface area contributed by atoms with Crippen molar-refractivity contribution in [3.05, 3.63) is 29.8 Å². The molecule has 14 heavy (non-hydrogen) atoms. The first-order chi connectivity index (χ1) is 6.86. The zero-order chi connectivity index (χ0) is 9.97. The molecule has 0 amide bonds. The number of benzene rings is 1. The summed E-state index contributed by atoms with van der Waals surface area (Å²) >= 11 is 0. The minimum absolute atomic E-state index is 0.288. The summed E-state index contributed by atoms with van der Waals surface area (Å²) in [5.41, 5.74) is 2.31. The summed E-state index contributed by atoms with van der Waals surface area (Å²) in [6, 6.07) is 10.3. The Bertz CT molecular complexity index is 370. The molecule has 0 saturated heterocycles. The Morgan fingerprint density at radius 3 is 3.07 bits per heavy atom. The number of nitrogens with zero attached hydrogens (tertiary/aromatic N) is 2. The van der Waals surface area contributed by atoms with E-state index in [1.807, 2.05) is 23.3 Å². The average Bonchev–Trinajstić information content (AvgIpc) is 2.58. The number of fused-ring (bicyclic) bond motifs is 1. The molecule has 1 aromatic carbocycles. The molecular formula is C11H12N2O. The monoisotopic (exact) mass is 188 g/mol. The normalized spacial score (nSPS) is 19.1. The summed E-state index contributed by atoms with van der Waals surface area (Å²) < 4.78 is 0. The van der Waals surface area contributed by atoms with Crippen molar-refractivity contribution < 1.29 is 4.84 Å². The van der Waals surface area contributed by atoms with Gasteiger partial charge in [-0.05, 0) is 11.6 Å². The molecule has 2 rings (SSSR count). The molecule has 0 spiro atoms. The van der Waals surface area contributed by atoms with E-state index in [2.05, 4.69) is 12.1 Å². The van der Waals surface area contributed by atoms with Crippen LogP contribution in [0.5, 0.6) is 0 Å². The van der Waals surface area contributed by atoms with E-state index in [4.69, 9.17) is 10.1 Å². The van der Waals surface area contributed by atoms with Crippen LogP contribution in [0.2, 0.25) is 0 Å². The summed E-state index contributed by atoms with van der Waals surface area (Å²) in [5, 5.41) is 10.5. The molecule has 1 unspecified atom stereocenters. The lowest BCUT2D eigenvalue weighted by Crippen LogP contribution is -2.19. The minimum atomic E-state index is 0.288. The molecule has 1 aromatic rings. The second-order valence-electron chi connectivity index (χ2n) is 3.36. The smallest absolute Gasteiger partial charge is 0.0672 e. The first-order valence-corrected chi connectivity index (χ1v) is 4.64. The minimum Gasteiger partial charge on any atom is -0.277 e. The van der Waals surface area contributed by atoms with Crippen molar-refractivity contribution in [3.8, 4) is 6.07 Å². The fourth-order valence-corrected chi connectivity index (χ4v) is 1.91. The van der Waals surface area contributed by atoms with E-state index in [1.54, 1.807) is 7.11 Å². The van der Waals surface area contributed by atoms with Gasteiger partial charge in [-0.1, -0.05) is 18.2 Å². The lowest BCUT2D eigenvalue weighted by atomic mass is 9.99. The topological polar surface area (TPSA) is 36.3 Å². The van der Waals surface area contributed by atoms with Crippen molar-refractivity contribution in [2.45, 2.75) is 12.3 Å². The third-order valence-electron chi connectivity index (χ3n) is 2.59. The van der Waals surface area contributed by atoms with E-state index in [0.717, 1.165) is 12.2 Å². The molecule has 3 nitrogen and oxygen atoms in total. The van der Waals surface area contributed by atoms with Gasteiger partial charge in [-0.2, -0.15) is 5.26 Å². The molecule has 1 atom stereocenters. The second kappa shape index (κ2) is 3.69. The third kappa shape index (κ3) is 1.34. The Kier molecular flexibility index (Phi) is 2.38. The van der Waals surface area contributed by atoms with Gasteiger partial charge in [0.2, 0.25) is 0 Å². The Morgan fingerprint density at radius 2 is 2.36 bits per heavy atom. The molecule has 72 valence electrons. The Balaban J connectivity index is 2.34. The van der Waals surface area contributed by atoms with Crippen LogP contribution in [0.1, 0.15) is 17.9 Å². The molecular weight excluding hydrogens is 176 g/mol. The number of anilines is 1. The number of hydroxylamine groups is 1. The maximum Gasteiger partial charge on any atom is 0.0672 e. The van der Waals surface area contributed by atoms with Gasteiger partial charge in [0.25, 0.3) is 0 Å². The predicted molar refractivity (Wildman–Crippen MR) is 53.8 cm³/mol. The summed E-state index contributed by atoms with van der Waals surface area (Å²) in [7, 11) is 1.66. The Hall–Kier alpha value is -1.53. The van der Waals surface area contributed by atoms with Crippen LogP contribution in [0.3, 0.4) is 0 Å². The van der Waals surface area contributed by atoms with Gasteiger partial charge < -0.3 is 0 Å². The van der Waals surface area contributed by atoms with Crippen molar-refractivity contribution in [1.82, 2.24) is 0 Å². The van der Waals surface area contributed by atoms with Gasteiger partial charge in [0, 0.05) is 12.3 Å². The van der Waals surface area contributed by atoms with Crippen LogP contribution in [-0.2, 0) is 4.84 Å². The van der Waals surface area contributed by atoms with Crippen LogP contribution in [0.25, 0.3) is 0 Å². The summed E-state index contributed by atoms with van der Waals surface area (Å²) in [5.74, 6) is 0.288. The molecule has 3 heteroatoms. The van der Waals surface area contributed by atoms with Crippen LogP contribution >= 0.6 is 0 Å². The Labute approximate surface area is 83.5 Å². The van der Waals surface area contributed by atoms with Gasteiger partial charge in [0.05, 0.1) is 25.4 Å². The largest absolute Gasteiger partial charge is 0.277 e. The molecule has 0 bridgehead atoms. The SMILES string of the molecule is CON1CC(CC#N)c2ccccc21. The van der Waals surface area contributed by atoms with Crippen molar-refractivity contribution in [1.29, 1.82) is 5.26 Å². The van der Waals surface area contributed by atoms with Gasteiger partial charge in [0.15, 0.2) is 0 Å².